The summed E-state index contributed by atoms with van der Waals surface area (Å²) in [5.74, 6) is 0.833. The Morgan fingerprint density at radius 1 is 0.962 bits per heavy atom. The van der Waals surface area contributed by atoms with Gasteiger partial charge in [0.05, 0.1) is 0 Å². The highest BCUT2D eigenvalue weighted by Crippen LogP contribution is 2.17. The molecular weight excluding hydrogens is 368 g/mol. The van der Waals surface area contributed by atoms with Gasteiger partial charge in [-0.1, -0.05) is 52.5 Å². The van der Waals surface area contributed by atoms with Crippen molar-refractivity contribution in [3.8, 4) is 0 Å². The Morgan fingerprint density at radius 3 is 1.69 bits per heavy atom. The van der Waals surface area contributed by atoms with Gasteiger partial charge in [0, 0.05) is 37.4 Å². The summed E-state index contributed by atoms with van der Waals surface area (Å²) in [6.45, 7) is 14.6. The maximum atomic E-state index is 11.4. The van der Waals surface area contributed by atoms with E-state index in [9.17, 15) is 19.2 Å². The minimum absolute atomic E-state index is 0.0875. The fourth-order valence-corrected chi connectivity index (χ4v) is 2.38. The van der Waals surface area contributed by atoms with Crippen LogP contribution in [0.4, 0.5) is 0 Å². The molecule has 0 saturated heterocycles. The van der Waals surface area contributed by atoms with Crippen LogP contribution in [0.15, 0.2) is 12.2 Å². The zero-order valence-electron chi connectivity index (χ0n) is 17.5. The van der Waals surface area contributed by atoms with E-state index in [0.717, 1.165) is 12.8 Å². The summed E-state index contributed by atoms with van der Waals surface area (Å²) in [4.78, 5) is 42.4. The Balaban J connectivity index is -0.000000352. The molecule has 6 heteroatoms. The van der Waals surface area contributed by atoms with Crippen LogP contribution in [0.2, 0.25) is 0 Å². The first-order valence-electron chi connectivity index (χ1n) is 8.98. The predicted molar refractivity (Wildman–Crippen MR) is 116 cm³/mol. The normalized spacial score (nSPS) is 13.4. The summed E-state index contributed by atoms with van der Waals surface area (Å²) in [6, 6.07) is 0. The van der Waals surface area contributed by atoms with Crippen LogP contribution in [0.5, 0.6) is 0 Å². The van der Waals surface area contributed by atoms with Gasteiger partial charge in [0.25, 0.3) is 0 Å². The molecule has 0 saturated carbocycles. The molecule has 0 aliphatic rings. The van der Waals surface area contributed by atoms with E-state index < -0.39 is 0 Å². The topological polar surface area (TPSA) is 68.3 Å². The summed E-state index contributed by atoms with van der Waals surface area (Å²) in [7, 11) is 0. The Bertz CT molecular complexity index is 455. The maximum Gasteiger partial charge on any atom is 0.186 e. The van der Waals surface area contributed by atoms with Gasteiger partial charge < -0.3 is 0 Å². The van der Waals surface area contributed by atoms with Gasteiger partial charge in [-0.3, -0.25) is 19.2 Å². The fourth-order valence-electron chi connectivity index (χ4n) is 1.57. The fraction of sp³-hybridized carbons (Fsp3) is 0.700. The molecule has 3 atom stereocenters. The smallest absolute Gasteiger partial charge is 0.186 e. The summed E-state index contributed by atoms with van der Waals surface area (Å²) >= 11 is 4.58. The molecular formula is C20H36O4S2. The van der Waals surface area contributed by atoms with E-state index >= 15 is 0 Å². The summed E-state index contributed by atoms with van der Waals surface area (Å²) in [5.41, 5.74) is 0. The highest BCUT2D eigenvalue weighted by Gasteiger charge is 2.15. The van der Waals surface area contributed by atoms with Crippen molar-refractivity contribution in [3.05, 3.63) is 12.2 Å². The van der Waals surface area contributed by atoms with E-state index in [0.29, 0.717) is 6.42 Å². The van der Waals surface area contributed by atoms with Crippen LogP contribution in [0.1, 0.15) is 74.7 Å². The van der Waals surface area contributed by atoms with Gasteiger partial charge in [0.1, 0.15) is 5.78 Å². The Morgan fingerprint density at radius 2 is 1.38 bits per heavy atom. The molecule has 0 bridgehead atoms. The molecule has 26 heavy (non-hydrogen) atoms. The SMILES string of the molecule is C/C=C/C(=O)C(C)CC.CC(=O)S.CCC(C)C(=O)CC(C)SC(C)=O. The van der Waals surface area contributed by atoms with Gasteiger partial charge >= 0.3 is 0 Å². The lowest BCUT2D eigenvalue weighted by atomic mass is 10.0. The first kappa shape index (κ1) is 29.9. The van der Waals surface area contributed by atoms with Crippen molar-refractivity contribution in [2.24, 2.45) is 11.8 Å². The second kappa shape index (κ2) is 18.9. The standard InChI is InChI=1S/C10H18O2S.C8H14O.C2H4OS/c1-5-7(2)10(12)6-8(3)13-9(4)11;1-4-6-8(9)7(3)5-2;1-2(3)4/h7-8H,5-6H2,1-4H3;4,6-7H,5H2,1-3H3;1H3,(H,3,4)/b;6-4+;. The zero-order valence-corrected chi connectivity index (χ0v) is 19.2. The number of thioether (sulfide) groups is 1. The quantitative estimate of drug-likeness (QED) is 0.439. The van der Waals surface area contributed by atoms with Gasteiger partial charge in [-0.25, -0.2) is 0 Å². The van der Waals surface area contributed by atoms with Gasteiger partial charge in [0.2, 0.25) is 0 Å². The lowest BCUT2D eigenvalue weighted by Gasteiger charge is -2.11. The van der Waals surface area contributed by atoms with Crippen molar-refractivity contribution in [2.75, 3.05) is 0 Å². The molecule has 0 aliphatic carbocycles. The van der Waals surface area contributed by atoms with Gasteiger partial charge in [-0.2, -0.15) is 0 Å². The molecule has 0 aromatic heterocycles. The van der Waals surface area contributed by atoms with Gasteiger partial charge in [-0.05, 0) is 25.8 Å². The van der Waals surface area contributed by atoms with Crippen molar-refractivity contribution < 1.29 is 19.2 Å². The molecule has 0 fully saturated rings. The van der Waals surface area contributed by atoms with Crippen LogP contribution >= 0.6 is 24.4 Å². The third kappa shape index (κ3) is 23.1. The molecule has 3 unspecified atom stereocenters. The van der Waals surface area contributed by atoms with Gasteiger partial charge in [0.15, 0.2) is 16.0 Å². The van der Waals surface area contributed by atoms with Gasteiger partial charge in [-0.15, -0.1) is 12.6 Å². The van der Waals surface area contributed by atoms with Crippen LogP contribution < -0.4 is 0 Å². The van der Waals surface area contributed by atoms with E-state index in [-0.39, 0.29) is 38.9 Å². The summed E-state index contributed by atoms with van der Waals surface area (Å²) in [6.07, 6.45) is 5.75. The third-order valence-electron chi connectivity index (χ3n) is 3.45. The van der Waals surface area contributed by atoms with E-state index in [2.05, 4.69) is 12.6 Å². The molecule has 152 valence electrons. The van der Waals surface area contributed by atoms with Crippen LogP contribution in [0.25, 0.3) is 0 Å². The van der Waals surface area contributed by atoms with Crippen molar-refractivity contribution >= 4 is 46.2 Å². The molecule has 0 aliphatic heterocycles. The number of Topliss-reactive ketones (excluding diaryl/α,β-unsaturated/α-hetero) is 1. The summed E-state index contributed by atoms with van der Waals surface area (Å²) in [5, 5.41) is 0.0726. The first-order chi connectivity index (χ1) is 11.9. The number of hydrogen-bond acceptors (Lipinski definition) is 5. The number of ketones is 2. The highest BCUT2D eigenvalue weighted by atomic mass is 32.2. The van der Waals surface area contributed by atoms with E-state index in [4.69, 9.17) is 0 Å². The highest BCUT2D eigenvalue weighted by molar-refractivity contribution is 8.14. The lowest BCUT2D eigenvalue weighted by molar-refractivity contribution is -0.122. The molecule has 0 amide bonds. The number of carbonyl (C=O) groups is 4. The molecule has 0 heterocycles. The van der Waals surface area contributed by atoms with Crippen LogP contribution in [-0.2, 0) is 19.2 Å². The van der Waals surface area contributed by atoms with Crippen molar-refractivity contribution in [2.45, 2.75) is 79.9 Å². The zero-order chi connectivity index (χ0) is 21.3. The summed E-state index contributed by atoms with van der Waals surface area (Å²) < 4.78 is 0. The molecule has 4 nitrogen and oxygen atoms in total. The number of allylic oxidation sites excluding steroid dienone is 2. The molecule has 0 aromatic carbocycles. The average molecular weight is 405 g/mol. The largest absolute Gasteiger partial charge is 0.299 e. The van der Waals surface area contributed by atoms with E-state index in [1.807, 2.05) is 41.5 Å². The second-order valence-electron chi connectivity index (χ2n) is 6.13. The Kier molecular flexibility index (Phi) is 21.7. The Hall–Kier alpha value is -0.880. The Labute approximate surface area is 169 Å². The van der Waals surface area contributed by atoms with Crippen molar-refractivity contribution in [3.63, 3.8) is 0 Å². The van der Waals surface area contributed by atoms with Crippen molar-refractivity contribution in [1.29, 1.82) is 0 Å². The third-order valence-corrected chi connectivity index (χ3v) is 4.35. The number of hydrogen-bond donors (Lipinski definition) is 1. The van der Waals surface area contributed by atoms with Crippen LogP contribution in [0.3, 0.4) is 0 Å². The molecule has 0 rings (SSSR count). The van der Waals surface area contributed by atoms with E-state index in [1.54, 1.807) is 12.2 Å². The van der Waals surface area contributed by atoms with E-state index in [1.165, 1.54) is 25.6 Å². The van der Waals surface area contributed by atoms with Crippen LogP contribution in [0, 0.1) is 11.8 Å². The minimum atomic E-state index is -0.139. The van der Waals surface area contributed by atoms with Crippen LogP contribution in [-0.4, -0.2) is 27.0 Å². The number of carbonyl (C=O) groups excluding carboxylic acids is 4. The predicted octanol–water partition coefficient (Wildman–Crippen LogP) is 5.30. The van der Waals surface area contributed by atoms with Crippen molar-refractivity contribution in [1.82, 2.24) is 0 Å². The number of rotatable bonds is 8. The lowest BCUT2D eigenvalue weighted by Crippen LogP contribution is -2.15. The molecule has 0 spiro atoms. The molecule has 0 N–H and O–H groups in total. The number of thiol groups is 1. The monoisotopic (exact) mass is 404 g/mol. The molecule has 0 radical (unpaired) electrons. The first-order valence-corrected chi connectivity index (χ1v) is 10.3. The average Bonchev–Trinajstić information content (AvgIpc) is 2.52. The maximum absolute atomic E-state index is 11.4. The minimum Gasteiger partial charge on any atom is -0.299 e. The molecule has 0 aromatic rings. The second-order valence-corrected chi connectivity index (χ2v) is 8.38.